The zero-order valence-corrected chi connectivity index (χ0v) is 9.21. The van der Waals surface area contributed by atoms with Gasteiger partial charge in [-0.3, -0.25) is 4.79 Å². The molecule has 1 unspecified atom stereocenters. The van der Waals surface area contributed by atoms with E-state index in [9.17, 15) is 4.79 Å². The highest BCUT2D eigenvalue weighted by Gasteiger charge is 2.20. The maximum absolute atomic E-state index is 11.5. The maximum Gasteiger partial charge on any atom is 0.222 e. The van der Waals surface area contributed by atoms with Crippen molar-refractivity contribution in [2.75, 3.05) is 32.8 Å². The second kappa shape index (κ2) is 5.47. The summed E-state index contributed by atoms with van der Waals surface area (Å²) in [7, 11) is 0. The molecule has 1 N–H and O–H groups in total. The second-order valence-corrected chi connectivity index (χ2v) is 4.35. The zero-order valence-electron chi connectivity index (χ0n) is 9.21. The lowest BCUT2D eigenvalue weighted by Crippen LogP contribution is -2.44. The topological polar surface area (TPSA) is 41.6 Å². The van der Waals surface area contributed by atoms with E-state index >= 15 is 0 Å². The van der Waals surface area contributed by atoms with Crippen molar-refractivity contribution in [2.24, 2.45) is 0 Å². The molecule has 4 heteroatoms. The fourth-order valence-electron chi connectivity index (χ4n) is 2.22. The van der Waals surface area contributed by atoms with Crippen molar-refractivity contribution in [1.29, 1.82) is 0 Å². The van der Waals surface area contributed by atoms with Crippen LogP contribution in [0.25, 0.3) is 0 Å². The molecule has 2 fully saturated rings. The minimum Gasteiger partial charge on any atom is -0.379 e. The number of morpholine rings is 1. The van der Waals surface area contributed by atoms with Crippen molar-refractivity contribution < 1.29 is 9.53 Å². The van der Waals surface area contributed by atoms with Gasteiger partial charge in [-0.05, 0) is 19.3 Å². The average Bonchev–Trinajstić information content (AvgIpc) is 2.29. The van der Waals surface area contributed by atoms with Crippen molar-refractivity contribution in [3.63, 3.8) is 0 Å². The molecule has 0 bridgehead atoms. The lowest BCUT2D eigenvalue weighted by Gasteiger charge is -2.30. The van der Waals surface area contributed by atoms with Crippen molar-refractivity contribution in [2.45, 2.75) is 31.7 Å². The SMILES string of the molecule is O=C1CCCCN1CCC1COCCN1. The van der Waals surface area contributed by atoms with Gasteiger partial charge in [-0.1, -0.05) is 0 Å². The van der Waals surface area contributed by atoms with Gasteiger partial charge in [-0.2, -0.15) is 0 Å². The molecule has 86 valence electrons. The van der Waals surface area contributed by atoms with Gasteiger partial charge in [0.25, 0.3) is 0 Å². The minimum absolute atomic E-state index is 0.331. The Morgan fingerprint density at radius 2 is 2.40 bits per heavy atom. The number of carbonyl (C=O) groups is 1. The number of nitrogens with zero attached hydrogens (tertiary/aromatic N) is 1. The molecule has 15 heavy (non-hydrogen) atoms. The molecule has 0 radical (unpaired) electrons. The third-order valence-electron chi connectivity index (χ3n) is 3.17. The van der Waals surface area contributed by atoms with Crippen LogP contribution in [0, 0.1) is 0 Å². The highest BCUT2D eigenvalue weighted by Crippen LogP contribution is 2.11. The first-order chi connectivity index (χ1) is 7.36. The summed E-state index contributed by atoms with van der Waals surface area (Å²) >= 11 is 0. The molecule has 1 atom stereocenters. The molecule has 0 saturated carbocycles. The van der Waals surface area contributed by atoms with E-state index in [2.05, 4.69) is 5.32 Å². The summed E-state index contributed by atoms with van der Waals surface area (Å²) in [6, 6.07) is 0.438. The van der Waals surface area contributed by atoms with Gasteiger partial charge in [0.15, 0.2) is 0 Å². The predicted octanol–water partition coefficient (Wildman–Crippen LogP) is 0.377. The van der Waals surface area contributed by atoms with Crippen LogP contribution < -0.4 is 5.32 Å². The standard InChI is InChI=1S/C11H20N2O2/c14-11-3-1-2-6-13(11)7-4-10-9-15-8-5-12-10/h10,12H,1-9H2. The van der Waals surface area contributed by atoms with E-state index < -0.39 is 0 Å². The van der Waals surface area contributed by atoms with Gasteiger partial charge < -0.3 is 15.0 Å². The zero-order chi connectivity index (χ0) is 10.5. The van der Waals surface area contributed by atoms with Gasteiger partial charge in [0.05, 0.1) is 13.2 Å². The minimum atomic E-state index is 0.331. The number of carbonyl (C=O) groups excluding carboxylic acids is 1. The number of nitrogens with one attached hydrogen (secondary N) is 1. The lowest BCUT2D eigenvalue weighted by molar-refractivity contribution is -0.133. The summed E-state index contributed by atoms with van der Waals surface area (Å²) in [6.45, 7) is 4.39. The average molecular weight is 212 g/mol. The number of rotatable bonds is 3. The molecule has 0 aromatic rings. The van der Waals surface area contributed by atoms with E-state index in [0.717, 1.165) is 52.1 Å². The van der Waals surface area contributed by atoms with Crippen LogP contribution in [0.2, 0.25) is 0 Å². The summed E-state index contributed by atoms with van der Waals surface area (Å²) in [4.78, 5) is 13.5. The van der Waals surface area contributed by atoms with Crippen molar-refractivity contribution in [1.82, 2.24) is 10.2 Å². The molecule has 0 aromatic carbocycles. The van der Waals surface area contributed by atoms with E-state index in [1.807, 2.05) is 4.90 Å². The smallest absolute Gasteiger partial charge is 0.222 e. The van der Waals surface area contributed by atoms with Crippen LogP contribution in [0.4, 0.5) is 0 Å². The number of hydrogen-bond donors (Lipinski definition) is 1. The van der Waals surface area contributed by atoms with Gasteiger partial charge in [0.2, 0.25) is 5.91 Å². The third kappa shape index (κ3) is 3.18. The van der Waals surface area contributed by atoms with E-state index in [0.29, 0.717) is 11.9 Å². The summed E-state index contributed by atoms with van der Waals surface area (Å²) < 4.78 is 5.38. The monoisotopic (exact) mass is 212 g/mol. The van der Waals surface area contributed by atoms with Gasteiger partial charge >= 0.3 is 0 Å². The number of hydrogen-bond acceptors (Lipinski definition) is 3. The Morgan fingerprint density at radius 3 is 3.13 bits per heavy atom. The van der Waals surface area contributed by atoms with Crippen molar-refractivity contribution >= 4 is 5.91 Å². The first-order valence-electron chi connectivity index (χ1n) is 5.95. The van der Waals surface area contributed by atoms with E-state index in [1.54, 1.807) is 0 Å². The van der Waals surface area contributed by atoms with Gasteiger partial charge in [-0.15, -0.1) is 0 Å². The van der Waals surface area contributed by atoms with Crippen LogP contribution in [0.15, 0.2) is 0 Å². The molecule has 2 aliphatic rings. The molecule has 2 aliphatic heterocycles. The summed E-state index contributed by atoms with van der Waals surface area (Å²) in [5.41, 5.74) is 0. The second-order valence-electron chi connectivity index (χ2n) is 4.35. The fourth-order valence-corrected chi connectivity index (χ4v) is 2.22. The molecule has 0 spiro atoms. The third-order valence-corrected chi connectivity index (χ3v) is 3.17. The first kappa shape index (κ1) is 10.9. The Morgan fingerprint density at radius 1 is 1.47 bits per heavy atom. The summed E-state index contributed by atoms with van der Waals surface area (Å²) in [6.07, 6.45) is 4.00. The Hall–Kier alpha value is -0.610. The molecule has 2 heterocycles. The van der Waals surface area contributed by atoms with Crippen LogP contribution in [-0.4, -0.2) is 49.7 Å². The Kier molecular flexibility index (Phi) is 3.97. The Balaban J connectivity index is 1.69. The molecule has 0 aliphatic carbocycles. The van der Waals surface area contributed by atoms with Gasteiger partial charge in [0, 0.05) is 32.1 Å². The summed E-state index contributed by atoms with van der Waals surface area (Å²) in [5, 5.41) is 3.41. The quantitative estimate of drug-likeness (QED) is 0.735. The largest absolute Gasteiger partial charge is 0.379 e. The number of amides is 1. The lowest BCUT2D eigenvalue weighted by atomic mass is 10.1. The molecular weight excluding hydrogens is 192 g/mol. The Labute approximate surface area is 91.0 Å². The first-order valence-corrected chi connectivity index (χ1v) is 5.95. The van der Waals surface area contributed by atoms with Crippen LogP contribution >= 0.6 is 0 Å². The molecule has 4 nitrogen and oxygen atoms in total. The van der Waals surface area contributed by atoms with E-state index in [4.69, 9.17) is 4.74 Å². The number of piperidine rings is 1. The molecule has 2 rings (SSSR count). The highest BCUT2D eigenvalue weighted by atomic mass is 16.5. The van der Waals surface area contributed by atoms with Crippen LogP contribution in [0.5, 0.6) is 0 Å². The van der Waals surface area contributed by atoms with Gasteiger partial charge in [-0.25, -0.2) is 0 Å². The van der Waals surface area contributed by atoms with Crippen molar-refractivity contribution in [3.8, 4) is 0 Å². The van der Waals surface area contributed by atoms with Crippen molar-refractivity contribution in [3.05, 3.63) is 0 Å². The van der Waals surface area contributed by atoms with E-state index in [1.165, 1.54) is 6.42 Å². The molecule has 0 aromatic heterocycles. The van der Waals surface area contributed by atoms with Gasteiger partial charge in [0.1, 0.15) is 0 Å². The fraction of sp³-hybridized carbons (Fsp3) is 0.909. The normalized spacial score (nSPS) is 28.1. The summed E-state index contributed by atoms with van der Waals surface area (Å²) in [5.74, 6) is 0.331. The van der Waals surface area contributed by atoms with Crippen LogP contribution in [0.3, 0.4) is 0 Å². The van der Waals surface area contributed by atoms with Crippen LogP contribution in [0.1, 0.15) is 25.7 Å². The highest BCUT2D eigenvalue weighted by molar-refractivity contribution is 5.76. The number of likely N-dealkylation sites (tertiary alicyclic amines) is 1. The Bertz CT molecular complexity index is 215. The molecule has 2 saturated heterocycles. The van der Waals surface area contributed by atoms with E-state index in [-0.39, 0.29) is 0 Å². The predicted molar refractivity (Wildman–Crippen MR) is 57.7 cm³/mol. The number of ether oxygens (including phenoxy) is 1. The maximum atomic E-state index is 11.5. The van der Waals surface area contributed by atoms with Crippen LogP contribution in [-0.2, 0) is 9.53 Å². The molecular formula is C11H20N2O2. The molecule has 1 amide bonds.